The van der Waals surface area contributed by atoms with Gasteiger partial charge in [-0.15, -0.1) is 0 Å². The normalized spacial score (nSPS) is 14.1. The average Bonchev–Trinajstić information content (AvgIpc) is 2.83. The minimum atomic E-state index is 0.0542. The maximum absolute atomic E-state index is 12.6. The lowest BCUT2D eigenvalue weighted by Gasteiger charge is -2.21. The van der Waals surface area contributed by atoms with Crippen molar-refractivity contribution in [3.63, 3.8) is 0 Å². The summed E-state index contributed by atoms with van der Waals surface area (Å²) in [6.07, 6.45) is 6.48. The summed E-state index contributed by atoms with van der Waals surface area (Å²) in [5.41, 5.74) is 2.91. The highest BCUT2D eigenvalue weighted by atomic mass is 16.2. The summed E-state index contributed by atoms with van der Waals surface area (Å²) < 4.78 is 0. The van der Waals surface area contributed by atoms with Crippen molar-refractivity contribution in [1.82, 2.24) is 19.9 Å². The zero-order valence-corrected chi connectivity index (χ0v) is 13.6. The van der Waals surface area contributed by atoms with E-state index in [1.165, 1.54) is 5.56 Å². The number of pyridine rings is 1. The molecule has 6 nitrogen and oxygen atoms in total. The molecule has 0 aromatic carbocycles. The second-order valence-corrected chi connectivity index (χ2v) is 5.66. The highest BCUT2D eigenvalue weighted by Gasteiger charge is 2.23. The molecule has 0 saturated heterocycles. The molecule has 120 valence electrons. The molecule has 2 aromatic heterocycles. The molecule has 0 fully saturated rings. The molecule has 1 amide bonds. The Morgan fingerprint density at radius 2 is 1.96 bits per heavy atom. The number of rotatable bonds is 3. The smallest absolute Gasteiger partial charge is 0.253 e. The van der Waals surface area contributed by atoms with E-state index in [0.29, 0.717) is 18.7 Å². The number of fused-ring (bicyclic) bond motifs is 1. The number of carbonyl (C=O) groups excluding carboxylic acids is 1. The van der Waals surface area contributed by atoms with Crippen molar-refractivity contribution in [2.75, 3.05) is 31.6 Å². The van der Waals surface area contributed by atoms with E-state index in [1.54, 1.807) is 30.9 Å². The first-order valence-corrected chi connectivity index (χ1v) is 7.94. The molecule has 23 heavy (non-hydrogen) atoms. The first-order valence-electron chi connectivity index (χ1n) is 7.94. The molecule has 3 rings (SSSR count). The van der Waals surface area contributed by atoms with Gasteiger partial charge in [0.2, 0.25) is 0 Å². The van der Waals surface area contributed by atoms with Gasteiger partial charge < -0.3 is 9.80 Å². The molecular formula is C17H21N5O. The van der Waals surface area contributed by atoms with E-state index in [0.717, 1.165) is 30.9 Å². The minimum Gasteiger partial charge on any atom is -0.360 e. The fraction of sp³-hybridized carbons (Fsp3) is 0.412. The van der Waals surface area contributed by atoms with E-state index in [-0.39, 0.29) is 5.91 Å². The van der Waals surface area contributed by atoms with Crippen LogP contribution < -0.4 is 4.90 Å². The number of hydrogen-bond donors (Lipinski definition) is 0. The Bertz CT molecular complexity index is 689. The number of amides is 1. The summed E-state index contributed by atoms with van der Waals surface area (Å²) in [7, 11) is 2.04. The van der Waals surface area contributed by atoms with Crippen LogP contribution in [0.2, 0.25) is 0 Å². The lowest BCUT2D eigenvalue weighted by atomic mass is 10.1. The summed E-state index contributed by atoms with van der Waals surface area (Å²) >= 11 is 0. The Kier molecular flexibility index (Phi) is 4.50. The number of aromatic nitrogens is 3. The summed E-state index contributed by atoms with van der Waals surface area (Å²) in [4.78, 5) is 29.5. The van der Waals surface area contributed by atoms with E-state index < -0.39 is 0 Å². The van der Waals surface area contributed by atoms with E-state index in [4.69, 9.17) is 0 Å². The van der Waals surface area contributed by atoms with Crippen LogP contribution in [-0.4, -0.2) is 52.4 Å². The van der Waals surface area contributed by atoms with Crippen LogP contribution in [0.4, 0.5) is 5.82 Å². The number of carbonyl (C=O) groups is 1. The number of hydrogen-bond acceptors (Lipinski definition) is 5. The molecule has 1 aliphatic heterocycles. The summed E-state index contributed by atoms with van der Waals surface area (Å²) in [6, 6.07) is 3.52. The molecule has 0 unspecified atom stereocenters. The van der Waals surface area contributed by atoms with Crippen LogP contribution in [0.5, 0.6) is 0 Å². The first kappa shape index (κ1) is 15.4. The van der Waals surface area contributed by atoms with Gasteiger partial charge in [-0.25, -0.2) is 9.97 Å². The molecule has 0 spiro atoms. The van der Waals surface area contributed by atoms with Crippen LogP contribution in [-0.2, 0) is 12.8 Å². The average molecular weight is 311 g/mol. The highest BCUT2D eigenvalue weighted by Crippen LogP contribution is 2.23. The SMILES string of the molecule is CCN(C)c1ncnc2c1CCN(C(=O)c1ccncc1)CC2. The van der Waals surface area contributed by atoms with E-state index in [1.807, 2.05) is 11.9 Å². The van der Waals surface area contributed by atoms with Crippen LogP contribution in [0.15, 0.2) is 30.9 Å². The van der Waals surface area contributed by atoms with Gasteiger partial charge in [0.1, 0.15) is 12.1 Å². The topological polar surface area (TPSA) is 62.2 Å². The van der Waals surface area contributed by atoms with Gasteiger partial charge in [0.15, 0.2) is 0 Å². The third-order valence-electron chi connectivity index (χ3n) is 4.31. The second kappa shape index (κ2) is 6.73. The van der Waals surface area contributed by atoms with E-state index in [2.05, 4.69) is 26.8 Å². The maximum Gasteiger partial charge on any atom is 0.253 e. The Morgan fingerprint density at radius 1 is 1.22 bits per heavy atom. The quantitative estimate of drug-likeness (QED) is 0.861. The Balaban J connectivity index is 1.82. The van der Waals surface area contributed by atoms with Crippen LogP contribution in [0.3, 0.4) is 0 Å². The van der Waals surface area contributed by atoms with Gasteiger partial charge >= 0.3 is 0 Å². The maximum atomic E-state index is 12.6. The Morgan fingerprint density at radius 3 is 2.70 bits per heavy atom. The van der Waals surface area contributed by atoms with E-state index >= 15 is 0 Å². The molecular weight excluding hydrogens is 290 g/mol. The second-order valence-electron chi connectivity index (χ2n) is 5.66. The lowest BCUT2D eigenvalue weighted by Crippen LogP contribution is -2.33. The van der Waals surface area contributed by atoms with Crippen molar-refractivity contribution < 1.29 is 4.79 Å². The Labute approximate surface area is 136 Å². The Hall–Kier alpha value is -2.50. The summed E-state index contributed by atoms with van der Waals surface area (Å²) in [6.45, 7) is 4.36. The lowest BCUT2D eigenvalue weighted by molar-refractivity contribution is 0.0763. The molecule has 0 atom stereocenters. The van der Waals surface area contributed by atoms with Gasteiger partial charge in [-0.1, -0.05) is 0 Å². The zero-order chi connectivity index (χ0) is 16.2. The van der Waals surface area contributed by atoms with Gasteiger partial charge in [0, 0.05) is 56.6 Å². The van der Waals surface area contributed by atoms with Crippen LogP contribution in [0.1, 0.15) is 28.5 Å². The van der Waals surface area contributed by atoms with E-state index in [9.17, 15) is 4.79 Å². The van der Waals surface area contributed by atoms with Crippen molar-refractivity contribution in [2.45, 2.75) is 19.8 Å². The van der Waals surface area contributed by atoms with Gasteiger partial charge in [-0.3, -0.25) is 9.78 Å². The van der Waals surface area contributed by atoms with Crippen molar-refractivity contribution in [3.8, 4) is 0 Å². The first-order chi connectivity index (χ1) is 11.2. The van der Waals surface area contributed by atoms with Gasteiger partial charge in [-0.2, -0.15) is 0 Å². The molecule has 2 aromatic rings. The molecule has 0 aliphatic carbocycles. The number of anilines is 1. The largest absolute Gasteiger partial charge is 0.360 e. The monoisotopic (exact) mass is 311 g/mol. The molecule has 3 heterocycles. The zero-order valence-electron chi connectivity index (χ0n) is 13.6. The fourth-order valence-corrected chi connectivity index (χ4v) is 2.87. The molecule has 0 N–H and O–H groups in total. The van der Waals surface area contributed by atoms with Gasteiger partial charge in [0.05, 0.1) is 5.69 Å². The molecule has 0 radical (unpaired) electrons. The van der Waals surface area contributed by atoms with Crippen LogP contribution in [0.25, 0.3) is 0 Å². The van der Waals surface area contributed by atoms with Crippen molar-refractivity contribution in [1.29, 1.82) is 0 Å². The van der Waals surface area contributed by atoms with Crippen molar-refractivity contribution in [2.24, 2.45) is 0 Å². The molecule has 6 heteroatoms. The predicted octanol–water partition coefficient (Wildman–Crippen LogP) is 1.57. The minimum absolute atomic E-state index is 0.0542. The van der Waals surface area contributed by atoms with Gasteiger partial charge in [0.25, 0.3) is 5.91 Å². The predicted molar refractivity (Wildman–Crippen MR) is 88.5 cm³/mol. The third kappa shape index (κ3) is 3.16. The van der Waals surface area contributed by atoms with Gasteiger partial charge in [-0.05, 0) is 25.5 Å². The molecule has 1 aliphatic rings. The van der Waals surface area contributed by atoms with Crippen molar-refractivity contribution in [3.05, 3.63) is 47.7 Å². The van der Waals surface area contributed by atoms with Crippen molar-refractivity contribution >= 4 is 11.7 Å². The third-order valence-corrected chi connectivity index (χ3v) is 4.31. The van der Waals surface area contributed by atoms with Crippen LogP contribution >= 0.6 is 0 Å². The number of nitrogens with zero attached hydrogens (tertiary/aromatic N) is 5. The molecule has 0 bridgehead atoms. The molecule has 0 saturated carbocycles. The van der Waals surface area contributed by atoms with Crippen LogP contribution in [0, 0.1) is 0 Å². The fourth-order valence-electron chi connectivity index (χ4n) is 2.87. The summed E-state index contributed by atoms with van der Waals surface area (Å²) in [5.74, 6) is 1.04. The standard InChI is InChI=1S/C17H21N5O/c1-3-21(2)16-14-6-10-22(11-7-15(14)19-12-20-16)17(23)13-4-8-18-9-5-13/h4-5,8-9,12H,3,6-7,10-11H2,1-2H3. The highest BCUT2D eigenvalue weighted by molar-refractivity contribution is 5.94. The summed E-state index contributed by atoms with van der Waals surface area (Å²) in [5, 5.41) is 0.